The zero-order valence-corrected chi connectivity index (χ0v) is 12.7. The second kappa shape index (κ2) is 5.53. The van der Waals surface area contributed by atoms with Crippen LogP contribution in [0.5, 0.6) is 0 Å². The normalized spacial score (nSPS) is 24.5. The van der Waals surface area contributed by atoms with E-state index >= 15 is 0 Å². The lowest BCUT2D eigenvalue weighted by molar-refractivity contribution is 0.0193. The number of hydrogen-bond donors (Lipinski definition) is 3. The van der Waals surface area contributed by atoms with Gasteiger partial charge in [-0.05, 0) is 33.6 Å². The smallest absolute Gasteiger partial charge is 0.410 e. The van der Waals surface area contributed by atoms with Crippen molar-refractivity contribution in [3.63, 3.8) is 0 Å². The molecule has 1 fully saturated rings. The Morgan fingerprint density at radius 1 is 1.42 bits per heavy atom. The number of carbonyl (C=O) groups is 1. The van der Waals surface area contributed by atoms with Crippen molar-refractivity contribution in [3.8, 4) is 0 Å². The summed E-state index contributed by atoms with van der Waals surface area (Å²) in [6.07, 6.45) is 3.70. The van der Waals surface area contributed by atoms with E-state index in [0.29, 0.717) is 5.92 Å². The van der Waals surface area contributed by atoms with Gasteiger partial charge in [0.2, 0.25) is 0 Å². The van der Waals surface area contributed by atoms with Crippen molar-refractivity contribution in [1.82, 2.24) is 15.5 Å². The lowest BCUT2D eigenvalue weighted by Crippen LogP contribution is -2.42. The SMILES string of the molecule is CC(C)(C)OC(=O)N1CCC(C2=CNC(S)N2)CC1. The van der Waals surface area contributed by atoms with Crippen LogP contribution in [0, 0.1) is 5.92 Å². The van der Waals surface area contributed by atoms with Gasteiger partial charge in [0.15, 0.2) is 0 Å². The molecule has 6 heteroatoms. The molecule has 108 valence electrons. The van der Waals surface area contributed by atoms with Crippen molar-refractivity contribution in [2.75, 3.05) is 13.1 Å². The van der Waals surface area contributed by atoms with Crippen molar-refractivity contribution >= 4 is 18.7 Å². The first-order valence-electron chi connectivity index (χ1n) is 6.74. The highest BCUT2D eigenvalue weighted by molar-refractivity contribution is 7.80. The fourth-order valence-electron chi connectivity index (χ4n) is 2.35. The monoisotopic (exact) mass is 285 g/mol. The van der Waals surface area contributed by atoms with Gasteiger partial charge in [0.1, 0.15) is 11.1 Å². The molecule has 0 aromatic heterocycles. The third-order valence-corrected chi connectivity index (χ3v) is 3.56. The van der Waals surface area contributed by atoms with Gasteiger partial charge in [-0.25, -0.2) is 4.79 Å². The van der Waals surface area contributed by atoms with Crippen molar-refractivity contribution in [2.45, 2.75) is 44.7 Å². The molecule has 0 radical (unpaired) electrons. The van der Waals surface area contributed by atoms with Crippen LogP contribution in [-0.4, -0.2) is 35.2 Å². The number of rotatable bonds is 1. The molecule has 2 aliphatic rings. The van der Waals surface area contributed by atoms with Gasteiger partial charge in [0.25, 0.3) is 0 Å². The van der Waals surface area contributed by atoms with Crippen molar-refractivity contribution in [1.29, 1.82) is 0 Å². The molecule has 1 saturated heterocycles. The Hall–Kier alpha value is -1.04. The van der Waals surface area contributed by atoms with E-state index in [-0.39, 0.29) is 11.6 Å². The third-order valence-electron chi connectivity index (χ3n) is 3.29. The molecule has 2 rings (SSSR count). The molecule has 1 atom stereocenters. The molecule has 0 spiro atoms. The van der Waals surface area contributed by atoms with E-state index in [4.69, 9.17) is 4.74 Å². The van der Waals surface area contributed by atoms with Crippen LogP contribution in [0.15, 0.2) is 11.9 Å². The van der Waals surface area contributed by atoms with E-state index < -0.39 is 5.60 Å². The lowest BCUT2D eigenvalue weighted by Gasteiger charge is -2.33. The number of amides is 1. The maximum atomic E-state index is 11.9. The van der Waals surface area contributed by atoms with E-state index in [1.807, 2.05) is 27.0 Å². The molecule has 0 bridgehead atoms. The molecule has 19 heavy (non-hydrogen) atoms. The zero-order valence-electron chi connectivity index (χ0n) is 11.8. The summed E-state index contributed by atoms with van der Waals surface area (Å²) in [4.78, 5) is 13.7. The molecule has 5 nitrogen and oxygen atoms in total. The van der Waals surface area contributed by atoms with Crippen molar-refractivity contribution in [2.24, 2.45) is 5.92 Å². The number of thiol groups is 1. The van der Waals surface area contributed by atoms with Crippen LogP contribution < -0.4 is 10.6 Å². The van der Waals surface area contributed by atoms with Crippen LogP contribution in [0.2, 0.25) is 0 Å². The number of ether oxygens (including phenoxy) is 1. The maximum Gasteiger partial charge on any atom is 0.410 e. The Balaban J connectivity index is 1.81. The number of allylic oxidation sites excluding steroid dienone is 1. The van der Waals surface area contributed by atoms with Gasteiger partial charge >= 0.3 is 6.09 Å². The Morgan fingerprint density at radius 3 is 2.53 bits per heavy atom. The number of nitrogens with zero attached hydrogens (tertiary/aromatic N) is 1. The minimum atomic E-state index is -0.424. The highest BCUT2D eigenvalue weighted by Gasteiger charge is 2.29. The maximum absolute atomic E-state index is 11.9. The predicted molar refractivity (Wildman–Crippen MR) is 77.7 cm³/mol. The number of nitrogens with one attached hydrogen (secondary N) is 2. The van der Waals surface area contributed by atoms with E-state index in [1.165, 1.54) is 5.70 Å². The largest absolute Gasteiger partial charge is 0.444 e. The summed E-state index contributed by atoms with van der Waals surface area (Å²) in [5.41, 5.74) is 0.787. The quantitative estimate of drug-likeness (QED) is 0.644. The Morgan fingerprint density at radius 2 is 2.05 bits per heavy atom. The van der Waals surface area contributed by atoms with Crippen LogP contribution in [-0.2, 0) is 4.74 Å². The topological polar surface area (TPSA) is 53.6 Å². The average molecular weight is 285 g/mol. The zero-order chi connectivity index (χ0) is 14.0. The fraction of sp³-hybridized carbons (Fsp3) is 0.769. The minimum Gasteiger partial charge on any atom is -0.444 e. The second-order valence-electron chi connectivity index (χ2n) is 6.05. The van der Waals surface area contributed by atoms with Crippen molar-refractivity contribution in [3.05, 3.63) is 11.9 Å². The Bertz CT molecular complexity index is 371. The second-order valence-corrected chi connectivity index (χ2v) is 6.57. The number of likely N-dealkylation sites (tertiary alicyclic amines) is 1. The van der Waals surface area contributed by atoms with E-state index in [2.05, 4.69) is 23.3 Å². The minimum absolute atomic E-state index is 0.0129. The molecule has 0 saturated carbocycles. The van der Waals surface area contributed by atoms with Gasteiger partial charge in [0, 0.05) is 30.9 Å². The summed E-state index contributed by atoms with van der Waals surface area (Å²) < 4.78 is 5.39. The third kappa shape index (κ3) is 3.96. The molecule has 1 amide bonds. The molecule has 2 heterocycles. The first-order valence-corrected chi connectivity index (χ1v) is 7.25. The van der Waals surface area contributed by atoms with E-state index in [0.717, 1.165) is 25.9 Å². The summed E-state index contributed by atoms with van der Waals surface area (Å²) in [6.45, 7) is 7.17. The number of piperidine rings is 1. The lowest BCUT2D eigenvalue weighted by atomic mass is 9.94. The summed E-state index contributed by atoms with van der Waals surface area (Å²) in [5.74, 6) is 0.475. The average Bonchev–Trinajstić information content (AvgIpc) is 2.74. The van der Waals surface area contributed by atoms with Gasteiger partial charge in [-0.3, -0.25) is 0 Å². The molecular weight excluding hydrogens is 262 g/mol. The Kier molecular flexibility index (Phi) is 4.18. The molecule has 2 N–H and O–H groups in total. The first-order chi connectivity index (χ1) is 8.85. The van der Waals surface area contributed by atoms with Crippen LogP contribution in [0.25, 0.3) is 0 Å². The van der Waals surface area contributed by atoms with Gasteiger partial charge in [0.05, 0.1) is 0 Å². The first kappa shape index (κ1) is 14.4. The molecule has 0 aromatic carbocycles. The predicted octanol–water partition coefficient (Wildman–Crippen LogP) is 1.88. The van der Waals surface area contributed by atoms with Crippen LogP contribution in [0.1, 0.15) is 33.6 Å². The molecule has 1 unspecified atom stereocenters. The fourth-order valence-corrected chi connectivity index (χ4v) is 2.57. The Labute approximate surface area is 120 Å². The highest BCUT2D eigenvalue weighted by atomic mass is 32.1. The molecule has 0 aromatic rings. The summed E-state index contributed by atoms with van der Waals surface area (Å²) in [5, 5.41) is 6.40. The van der Waals surface area contributed by atoms with Crippen LogP contribution in [0.3, 0.4) is 0 Å². The van der Waals surface area contributed by atoms with Crippen LogP contribution >= 0.6 is 12.6 Å². The standard InChI is InChI=1S/C13H23N3O2S/c1-13(2,3)18-12(17)16-6-4-9(5-7-16)10-8-14-11(19)15-10/h8-9,11,14-15,19H,4-7H2,1-3H3. The van der Waals surface area contributed by atoms with Crippen molar-refractivity contribution < 1.29 is 9.53 Å². The van der Waals surface area contributed by atoms with Gasteiger partial charge < -0.3 is 20.3 Å². The van der Waals surface area contributed by atoms with E-state index in [9.17, 15) is 4.79 Å². The van der Waals surface area contributed by atoms with Gasteiger partial charge in [-0.15, -0.1) is 12.6 Å². The highest BCUT2D eigenvalue weighted by Crippen LogP contribution is 2.26. The van der Waals surface area contributed by atoms with Crippen LogP contribution in [0.4, 0.5) is 4.79 Å². The molecular formula is C13H23N3O2S. The summed E-state index contributed by atoms with van der Waals surface area (Å²) in [6, 6.07) is 0. The summed E-state index contributed by atoms with van der Waals surface area (Å²) >= 11 is 4.31. The van der Waals surface area contributed by atoms with Gasteiger partial charge in [-0.2, -0.15) is 0 Å². The number of carbonyl (C=O) groups excluding carboxylic acids is 1. The number of hydrogen-bond acceptors (Lipinski definition) is 5. The summed E-state index contributed by atoms with van der Waals surface area (Å²) in [7, 11) is 0. The van der Waals surface area contributed by atoms with E-state index in [1.54, 1.807) is 4.90 Å². The molecule has 2 aliphatic heterocycles. The van der Waals surface area contributed by atoms with Gasteiger partial charge in [-0.1, -0.05) is 0 Å². The molecule has 0 aliphatic carbocycles.